The second kappa shape index (κ2) is 18.7. The van der Waals surface area contributed by atoms with E-state index in [1.807, 2.05) is 97.9 Å². The minimum absolute atomic E-state index is 0.110. The van der Waals surface area contributed by atoms with E-state index in [2.05, 4.69) is 15.1 Å². The van der Waals surface area contributed by atoms with Crippen LogP contribution in [0.2, 0.25) is 5.02 Å². The van der Waals surface area contributed by atoms with E-state index in [0.29, 0.717) is 42.4 Å². The van der Waals surface area contributed by atoms with Crippen LogP contribution in [0.3, 0.4) is 0 Å². The highest BCUT2D eigenvalue weighted by Gasteiger charge is 2.42. The lowest BCUT2D eigenvalue weighted by Gasteiger charge is -2.37. The van der Waals surface area contributed by atoms with Gasteiger partial charge in [-0.1, -0.05) is 66.2 Å². The highest BCUT2D eigenvalue weighted by molar-refractivity contribution is 6.33. The maximum atomic E-state index is 13.6. The molecule has 5 aromatic rings. The average molecular weight is 794 g/mol. The maximum Gasteiger partial charge on any atom is 0.410 e. The van der Waals surface area contributed by atoms with Gasteiger partial charge in [-0.05, 0) is 84.6 Å². The van der Waals surface area contributed by atoms with Gasteiger partial charge < -0.3 is 33.9 Å². The van der Waals surface area contributed by atoms with Crippen LogP contribution in [0.5, 0.6) is 11.5 Å². The number of halogens is 1. The summed E-state index contributed by atoms with van der Waals surface area (Å²) >= 11 is 6.14. The monoisotopic (exact) mass is 793 g/mol. The van der Waals surface area contributed by atoms with E-state index in [4.69, 9.17) is 30.5 Å². The summed E-state index contributed by atoms with van der Waals surface area (Å²) in [5.74, 6) is 1.41. The number of likely N-dealkylation sites (tertiary alicyclic amines) is 1. The number of nitro benzene ring substituents is 1. The Bertz CT molecular complexity index is 2090. The second-order valence-electron chi connectivity index (χ2n) is 13.3. The van der Waals surface area contributed by atoms with Crippen molar-refractivity contribution in [3.63, 3.8) is 0 Å². The van der Waals surface area contributed by atoms with Gasteiger partial charge in [-0.25, -0.2) is 4.79 Å². The molecule has 14 heteroatoms. The number of nitrogens with zero attached hydrogens (tertiary/aromatic N) is 5. The summed E-state index contributed by atoms with van der Waals surface area (Å²) in [5.41, 5.74) is 3.15. The van der Waals surface area contributed by atoms with Gasteiger partial charge in [0.15, 0.2) is 0 Å². The van der Waals surface area contributed by atoms with Crippen LogP contribution in [-0.2, 0) is 15.1 Å². The van der Waals surface area contributed by atoms with Gasteiger partial charge in [0.2, 0.25) is 0 Å². The molecule has 0 bridgehead atoms. The second-order valence-corrected chi connectivity index (χ2v) is 13.7. The maximum absolute atomic E-state index is 13.6. The number of hydrogen-bond acceptors (Lipinski definition) is 11. The van der Waals surface area contributed by atoms with Crippen LogP contribution < -0.4 is 14.4 Å². The molecule has 1 aliphatic rings. The number of anilines is 1. The summed E-state index contributed by atoms with van der Waals surface area (Å²) in [6.07, 6.45) is -0.943. The molecular formula is C43H44ClN5O8. The number of β-amino-alcohol motifs (C(OH)–C–C–N with tert-alkyl or cyclic N) is 1. The highest BCUT2D eigenvalue weighted by Crippen LogP contribution is 2.42. The lowest BCUT2D eigenvalue weighted by molar-refractivity contribution is -0.384. The lowest BCUT2D eigenvalue weighted by atomic mass is 9.80. The van der Waals surface area contributed by atoms with E-state index in [-0.39, 0.29) is 30.5 Å². The minimum atomic E-state index is -1.08. The number of amides is 1. The summed E-state index contributed by atoms with van der Waals surface area (Å²) < 4.78 is 23.8. The number of carbonyl (C=O) groups is 1. The first-order valence-electron chi connectivity index (χ1n) is 18.5. The molecule has 1 aliphatic heterocycles. The lowest BCUT2D eigenvalue weighted by Crippen LogP contribution is -2.43. The topological polar surface area (TPSA) is 149 Å². The predicted molar refractivity (Wildman–Crippen MR) is 217 cm³/mol. The standard InChI is InChI=1S/C43H44ClN5O8/c1-4-47(34-16-14-33(15-17-34)45-46-41-23-18-35(49(52)53)27-40(41)44)24-25-56-42(51)48-28-37(50)26-36(48)29-57-43(30-8-6-5-7-9-30,31-10-19-38(54-2)20-11-31)32-12-21-39(55-3)22-13-32/h5-23,27,36-37,50H,4,24-26,28-29H2,1-3H3/t36-,37+/m0/s1. The average Bonchev–Trinajstić information content (AvgIpc) is 3.63. The summed E-state index contributed by atoms with van der Waals surface area (Å²) in [7, 11) is 3.24. The van der Waals surface area contributed by atoms with Gasteiger partial charge >= 0.3 is 6.09 Å². The normalized spacial score (nSPS) is 15.4. The summed E-state index contributed by atoms with van der Waals surface area (Å²) in [6, 6.07) is 36.2. The Morgan fingerprint density at radius 2 is 1.51 bits per heavy atom. The number of hydrogen-bond donors (Lipinski definition) is 1. The van der Waals surface area contributed by atoms with Crippen LogP contribution in [0.1, 0.15) is 30.0 Å². The molecule has 1 N–H and O–H groups in total. The van der Waals surface area contributed by atoms with E-state index < -0.39 is 28.8 Å². The predicted octanol–water partition coefficient (Wildman–Crippen LogP) is 9.09. The molecule has 6 rings (SSSR count). The van der Waals surface area contributed by atoms with Crippen molar-refractivity contribution in [2.45, 2.75) is 31.1 Å². The molecule has 0 aromatic heterocycles. The number of carbonyl (C=O) groups excluding carboxylic acids is 1. The number of nitro groups is 1. The molecule has 57 heavy (non-hydrogen) atoms. The van der Waals surface area contributed by atoms with Crippen molar-refractivity contribution in [1.29, 1.82) is 0 Å². The zero-order valence-electron chi connectivity index (χ0n) is 31.9. The fraction of sp³-hybridized carbons (Fsp3) is 0.279. The van der Waals surface area contributed by atoms with Gasteiger partial charge in [0, 0.05) is 24.4 Å². The minimum Gasteiger partial charge on any atom is -0.497 e. The number of benzene rings is 5. The number of aliphatic hydroxyl groups is 1. The Labute approximate surface area is 336 Å². The Hall–Kier alpha value is -6.02. The molecule has 0 spiro atoms. The molecule has 5 aromatic carbocycles. The molecule has 1 amide bonds. The zero-order valence-corrected chi connectivity index (χ0v) is 32.6. The van der Waals surface area contributed by atoms with E-state index in [1.54, 1.807) is 31.3 Å². The van der Waals surface area contributed by atoms with Crippen molar-refractivity contribution < 1.29 is 33.8 Å². The van der Waals surface area contributed by atoms with Crippen LogP contribution in [0, 0.1) is 10.1 Å². The third-order valence-electron chi connectivity index (χ3n) is 9.89. The molecular weight excluding hydrogens is 750 g/mol. The number of likely N-dealkylation sites (N-methyl/N-ethyl adjacent to an activating group) is 1. The molecule has 0 aliphatic carbocycles. The molecule has 1 saturated heterocycles. The van der Waals surface area contributed by atoms with Crippen LogP contribution in [0.25, 0.3) is 0 Å². The van der Waals surface area contributed by atoms with Gasteiger partial charge in [-0.2, -0.15) is 5.11 Å². The molecule has 0 radical (unpaired) electrons. The number of azo groups is 1. The molecule has 1 heterocycles. The number of aliphatic hydroxyl groups excluding tert-OH is 1. The van der Waals surface area contributed by atoms with Crippen LogP contribution in [0.4, 0.5) is 27.5 Å². The Kier molecular flexibility index (Phi) is 13.4. The van der Waals surface area contributed by atoms with Gasteiger partial charge in [0.25, 0.3) is 5.69 Å². The SMILES string of the molecule is CCN(CCOC(=O)N1C[C@H](O)C[C@H]1COC(c1ccccc1)(c1ccc(OC)cc1)c1ccc(OC)cc1)c1ccc(N=Nc2ccc([N+](=O)[O-])cc2Cl)cc1. The van der Waals surface area contributed by atoms with Crippen LogP contribution >= 0.6 is 11.6 Å². The molecule has 0 unspecified atom stereocenters. The van der Waals surface area contributed by atoms with E-state index in [9.17, 15) is 20.0 Å². The van der Waals surface area contributed by atoms with Gasteiger partial charge in [0.1, 0.15) is 29.4 Å². The fourth-order valence-corrected chi connectivity index (χ4v) is 7.11. The zero-order chi connectivity index (χ0) is 40.4. The first-order valence-corrected chi connectivity index (χ1v) is 18.8. The van der Waals surface area contributed by atoms with Crippen LogP contribution in [0.15, 0.2) is 132 Å². The highest BCUT2D eigenvalue weighted by atomic mass is 35.5. The van der Waals surface area contributed by atoms with Gasteiger partial charge in [0.05, 0.1) is 61.7 Å². The summed E-state index contributed by atoms with van der Waals surface area (Å²) in [6.45, 7) is 3.41. The van der Waals surface area contributed by atoms with Crippen molar-refractivity contribution in [2.24, 2.45) is 10.2 Å². The summed E-state index contributed by atoms with van der Waals surface area (Å²) in [5, 5.41) is 30.3. The molecule has 296 valence electrons. The van der Waals surface area contributed by atoms with E-state index in [0.717, 1.165) is 22.4 Å². The van der Waals surface area contributed by atoms with Crippen molar-refractivity contribution in [3.8, 4) is 11.5 Å². The first-order chi connectivity index (χ1) is 27.6. The fourth-order valence-electron chi connectivity index (χ4n) is 6.90. The third-order valence-corrected chi connectivity index (χ3v) is 10.2. The van der Waals surface area contributed by atoms with E-state index in [1.165, 1.54) is 18.2 Å². The number of non-ortho nitro benzene ring substituents is 1. The quantitative estimate of drug-likeness (QED) is 0.0447. The third kappa shape index (κ3) is 9.51. The molecule has 13 nitrogen and oxygen atoms in total. The Balaban J connectivity index is 1.13. The molecule has 2 atom stereocenters. The first kappa shape index (κ1) is 40.6. The summed E-state index contributed by atoms with van der Waals surface area (Å²) in [4.78, 5) is 27.7. The van der Waals surface area contributed by atoms with Crippen molar-refractivity contribution >= 4 is 40.4 Å². The molecule has 1 fully saturated rings. The number of methoxy groups -OCH3 is 2. The van der Waals surface area contributed by atoms with Crippen molar-refractivity contribution in [1.82, 2.24) is 4.90 Å². The Morgan fingerprint density at radius 1 is 0.895 bits per heavy atom. The van der Waals surface area contributed by atoms with Crippen LogP contribution in [-0.4, -0.2) is 80.2 Å². The number of rotatable bonds is 16. The van der Waals surface area contributed by atoms with Crippen molar-refractivity contribution in [3.05, 3.63) is 153 Å². The van der Waals surface area contributed by atoms with E-state index >= 15 is 0 Å². The van der Waals surface area contributed by atoms with Gasteiger partial charge in [-0.3, -0.25) is 10.1 Å². The largest absolute Gasteiger partial charge is 0.497 e. The smallest absolute Gasteiger partial charge is 0.410 e. The molecule has 0 saturated carbocycles. The Morgan fingerprint density at radius 3 is 2.07 bits per heavy atom. The van der Waals surface area contributed by atoms with Gasteiger partial charge in [-0.15, -0.1) is 5.11 Å². The number of ether oxygens (including phenoxy) is 4. The van der Waals surface area contributed by atoms with Crippen molar-refractivity contribution in [2.75, 3.05) is 52.0 Å².